The molecule has 0 spiro atoms. The number of aliphatic carboxylic acids is 1. The number of carbonyl (C=O) groups is 1. The Morgan fingerprint density at radius 3 is 2.91 bits per heavy atom. The maximum atomic E-state index is 12.5. The molecule has 5 nitrogen and oxygen atoms in total. The number of thioether (sulfide) groups is 1. The summed E-state index contributed by atoms with van der Waals surface area (Å²) in [6, 6.07) is 3.94. The standard InChI is InChI=1S/C15H14N2O3S3/c1-3-8(14(19)20)23-15-16-12(18)11-10(9-5-4-6-21-9)7(2)22-13(11)17-15/h4-6,8H,3H2,1-2H3,(H,19,20)(H,16,17,18). The molecule has 0 aliphatic rings. The second-order valence-electron chi connectivity index (χ2n) is 4.91. The Kier molecular flexibility index (Phi) is 4.56. The van der Waals surface area contributed by atoms with Crippen molar-refractivity contribution in [1.82, 2.24) is 9.97 Å². The maximum Gasteiger partial charge on any atom is 0.317 e. The van der Waals surface area contributed by atoms with Gasteiger partial charge in [-0.05, 0) is 24.8 Å². The average molecular weight is 366 g/mol. The Hall–Kier alpha value is -1.64. The van der Waals surface area contributed by atoms with Crippen LogP contribution in [0, 0.1) is 6.92 Å². The molecule has 8 heteroatoms. The number of fused-ring (bicyclic) bond motifs is 1. The summed E-state index contributed by atoms with van der Waals surface area (Å²) in [6.45, 7) is 3.77. The summed E-state index contributed by atoms with van der Waals surface area (Å²) in [5.74, 6) is -0.901. The smallest absolute Gasteiger partial charge is 0.317 e. The lowest BCUT2D eigenvalue weighted by Crippen LogP contribution is -2.17. The molecule has 0 fully saturated rings. The molecule has 3 heterocycles. The lowest BCUT2D eigenvalue weighted by molar-refractivity contribution is -0.136. The molecular weight excluding hydrogens is 352 g/mol. The van der Waals surface area contributed by atoms with Crippen molar-refractivity contribution in [2.75, 3.05) is 0 Å². The predicted molar refractivity (Wildman–Crippen MR) is 95.9 cm³/mol. The molecule has 23 heavy (non-hydrogen) atoms. The van der Waals surface area contributed by atoms with Gasteiger partial charge in [-0.3, -0.25) is 9.59 Å². The van der Waals surface area contributed by atoms with E-state index in [1.165, 1.54) is 11.3 Å². The van der Waals surface area contributed by atoms with Crippen LogP contribution < -0.4 is 5.56 Å². The van der Waals surface area contributed by atoms with Gasteiger partial charge in [0.2, 0.25) is 0 Å². The van der Waals surface area contributed by atoms with E-state index < -0.39 is 11.2 Å². The Bertz CT molecular complexity index is 912. The molecule has 0 aliphatic carbocycles. The normalized spacial score (nSPS) is 12.6. The maximum absolute atomic E-state index is 12.5. The summed E-state index contributed by atoms with van der Waals surface area (Å²) in [5, 5.41) is 11.5. The van der Waals surface area contributed by atoms with Crippen LogP contribution in [-0.2, 0) is 4.79 Å². The van der Waals surface area contributed by atoms with Crippen molar-refractivity contribution in [2.24, 2.45) is 0 Å². The number of rotatable bonds is 5. The third-order valence-electron chi connectivity index (χ3n) is 3.38. The van der Waals surface area contributed by atoms with Crippen molar-refractivity contribution >= 4 is 50.6 Å². The molecule has 0 saturated heterocycles. The van der Waals surface area contributed by atoms with Crippen LogP contribution in [0.3, 0.4) is 0 Å². The van der Waals surface area contributed by atoms with Gasteiger partial charge in [-0.2, -0.15) is 0 Å². The molecule has 0 amide bonds. The van der Waals surface area contributed by atoms with E-state index in [4.69, 9.17) is 5.11 Å². The quantitative estimate of drug-likeness (QED) is 0.527. The van der Waals surface area contributed by atoms with E-state index in [-0.39, 0.29) is 5.56 Å². The number of H-pyrrole nitrogens is 1. The third kappa shape index (κ3) is 3.06. The van der Waals surface area contributed by atoms with Crippen molar-refractivity contribution in [3.63, 3.8) is 0 Å². The van der Waals surface area contributed by atoms with Crippen LogP contribution in [0.1, 0.15) is 18.2 Å². The van der Waals surface area contributed by atoms with Crippen LogP contribution in [0.5, 0.6) is 0 Å². The molecule has 1 unspecified atom stereocenters. The highest BCUT2D eigenvalue weighted by atomic mass is 32.2. The number of thiophene rings is 2. The number of carboxylic acids is 1. The summed E-state index contributed by atoms with van der Waals surface area (Å²) in [4.78, 5) is 33.6. The number of carboxylic acid groups (broad SMARTS) is 1. The van der Waals surface area contributed by atoms with Gasteiger partial charge in [0, 0.05) is 15.3 Å². The van der Waals surface area contributed by atoms with Gasteiger partial charge < -0.3 is 10.1 Å². The highest BCUT2D eigenvalue weighted by Gasteiger charge is 2.21. The Morgan fingerprint density at radius 2 is 2.30 bits per heavy atom. The first-order valence-electron chi connectivity index (χ1n) is 6.98. The zero-order valence-electron chi connectivity index (χ0n) is 12.5. The van der Waals surface area contributed by atoms with E-state index in [1.807, 2.05) is 24.4 Å². The van der Waals surface area contributed by atoms with Gasteiger partial charge in [-0.1, -0.05) is 24.8 Å². The zero-order chi connectivity index (χ0) is 16.6. The van der Waals surface area contributed by atoms with Crippen molar-refractivity contribution in [2.45, 2.75) is 30.7 Å². The topological polar surface area (TPSA) is 83.0 Å². The summed E-state index contributed by atoms with van der Waals surface area (Å²) < 4.78 is 0. The number of aromatic nitrogens is 2. The van der Waals surface area contributed by atoms with E-state index in [2.05, 4.69) is 9.97 Å². The van der Waals surface area contributed by atoms with Crippen LogP contribution in [0.2, 0.25) is 0 Å². The molecule has 3 aromatic heterocycles. The van der Waals surface area contributed by atoms with E-state index in [9.17, 15) is 9.59 Å². The second-order valence-corrected chi connectivity index (χ2v) is 8.26. The lowest BCUT2D eigenvalue weighted by Gasteiger charge is -2.08. The van der Waals surface area contributed by atoms with Crippen molar-refractivity contribution in [1.29, 1.82) is 0 Å². The first-order valence-corrected chi connectivity index (χ1v) is 9.55. The van der Waals surface area contributed by atoms with E-state index >= 15 is 0 Å². The SMILES string of the molecule is CCC(Sc1nc2sc(C)c(-c3cccs3)c2c(=O)[nH]1)C(=O)O. The fraction of sp³-hybridized carbons (Fsp3) is 0.267. The molecular formula is C15H14N2O3S3. The van der Waals surface area contributed by atoms with Crippen molar-refractivity contribution in [3.05, 3.63) is 32.7 Å². The largest absolute Gasteiger partial charge is 0.480 e. The number of hydrogen-bond acceptors (Lipinski definition) is 6. The zero-order valence-corrected chi connectivity index (χ0v) is 14.9. The molecule has 3 rings (SSSR count). The van der Waals surface area contributed by atoms with Crippen LogP contribution in [0.15, 0.2) is 27.5 Å². The molecule has 0 aliphatic heterocycles. The van der Waals surface area contributed by atoms with Crippen molar-refractivity contribution in [3.8, 4) is 10.4 Å². The van der Waals surface area contributed by atoms with E-state index in [0.29, 0.717) is 21.8 Å². The minimum absolute atomic E-state index is 0.217. The first kappa shape index (κ1) is 16.2. The monoisotopic (exact) mass is 366 g/mol. The van der Waals surface area contributed by atoms with Gasteiger partial charge in [-0.25, -0.2) is 4.98 Å². The number of nitrogens with one attached hydrogen (secondary N) is 1. The molecule has 120 valence electrons. The van der Waals surface area contributed by atoms with Gasteiger partial charge in [0.15, 0.2) is 5.16 Å². The van der Waals surface area contributed by atoms with Gasteiger partial charge in [-0.15, -0.1) is 22.7 Å². The Morgan fingerprint density at radius 1 is 1.52 bits per heavy atom. The molecule has 0 aromatic carbocycles. The molecule has 1 atom stereocenters. The van der Waals surface area contributed by atoms with Crippen LogP contribution >= 0.6 is 34.4 Å². The van der Waals surface area contributed by atoms with E-state index in [1.54, 1.807) is 18.3 Å². The number of nitrogens with zero attached hydrogens (tertiary/aromatic N) is 1. The van der Waals surface area contributed by atoms with Crippen LogP contribution in [0.4, 0.5) is 0 Å². The van der Waals surface area contributed by atoms with Crippen LogP contribution in [0.25, 0.3) is 20.7 Å². The van der Waals surface area contributed by atoms with Gasteiger partial charge >= 0.3 is 5.97 Å². The molecule has 2 N–H and O–H groups in total. The summed E-state index contributed by atoms with van der Waals surface area (Å²) in [6.07, 6.45) is 0.464. The highest BCUT2D eigenvalue weighted by Crippen LogP contribution is 2.38. The average Bonchev–Trinajstić information content (AvgIpc) is 3.11. The van der Waals surface area contributed by atoms with Crippen molar-refractivity contribution < 1.29 is 9.90 Å². The Labute approximate surface area is 144 Å². The van der Waals surface area contributed by atoms with Crippen LogP contribution in [-0.4, -0.2) is 26.3 Å². The van der Waals surface area contributed by atoms with Gasteiger partial charge in [0.1, 0.15) is 10.1 Å². The molecule has 0 radical (unpaired) electrons. The summed E-state index contributed by atoms with van der Waals surface area (Å²) >= 11 is 4.13. The molecule has 3 aromatic rings. The van der Waals surface area contributed by atoms with Gasteiger partial charge in [0.05, 0.1) is 5.39 Å². The number of hydrogen-bond donors (Lipinski definition) is 2. The second kappa shape index (κ2) is 6.46. The van der Waals surface area contributed by atoms with Gasteiger partial charge in [0.25, 0.3) is 5.56 Å². The third-order valence-corrected chi connectivity index (χ3v) is 6.51. The fourth-order valence-corrected chi connectivity index (χ4v) is 5.14. The first-order chi connectivity index (χ1) is 11.0. The summed E-state index contributed by atoms with van der Waals surface area (Å²) in [7, 11) is 0. The summed E-state index contributed by atoms with van der Waals surface area (Å²) in [5.41, 5.74) is 0.709. The highest BCUT2D eigenvalue weighted by molar-refractivity contribution is 8.00. The lowest BCUT2D eigenvalue weighted by atomic mass is 10.1. The minimum Gasteiger partial charge on any atom is -0.480 e. The molecule has 0 saturated carbocycles. The number of aromatic amines is 1. The van der Waals surface area contributed by atoms with E-state index in [0.717, 1.165) is 27.1 Å². The minimum atomic E-state index is -0.901. The number of aryl methyl sites for hydroxylation is 1. The Balaban J connectivity index is 2.11. The molecule has 0 bridgehead atoms. The fourth-order valence-electron chi connectivity index (χ4n) is 2.32. The predicted octanol–water partition coefficient (Wildman–Crippen LogP) is 3.98.